The highest BCUT2D eigenvalue weighted by molar-refractivity contribution is 5.97. The van der Waals surface area contributed by atoms with Crippen molar-refractivity contribution in [2.24, 2.45) is 0 Å². The minimum atomic E-state index is -0.809. The van der Waals surface area contributed by atoms with Crippen LogP contribution in [0.1, 0.15) is 31.7 Å². The zero-order chi connectivity index (χ0) is 26.4. The zero-order valence-corrected chi connectivity index (χ0v) is 21.9. The molecule has 4 rings (SSSR count). The van der Waals surface area contributed by atoms with Gasteiger partial charge in [0, 0.05) is 50.6 Å². The summed E-state index contributed by atoms with van der Waals surface area (Å²) in [7, 11) is 1.65. The molecule has 1 atom stereocenters. The molecule has 0 bridgehead atoms. The van der Waals surface area contributed by atoms with Crippen molar-refractivity contribution in [2.75, 3.05) is 63.1 Å². The Balaban J connectivity index is 1.30. The quantitative estimate of drug-likeness (QED) is 0.570. The molecular weight excluding hydrogens is 470 g/mol. The third-order valence-electron chi connectivity index (χ3n) is 7.06. The molecule has 2 N–H and O–H groups in total. The van der Waals surface area contributed by atoms with Gasteiger partial charge >= 0.3 is 0 Å². The number of ether oxygens (including phenoxy) is 1. The number of nitrogens with zero attached hydrogens (tertiary/aromatic N) is 3. The molecule has 2 aromatic carbocycles. The first kappa shape index (κ1) is 26.5. The van der Waals surface area contributed by atoms with Gasteiger partial charge in [0.1, 0.15) is 11.8 Å². The normalized spacial score (nSPS) is 18.5. The molecule has 198 valence electrons. The van der Waals surface area contributed by atoms with Crippen molar-refractivity contribution in [1.82, 2.24) is 15.1 Å². The molecule has 9 nitrogen and oxygen atoms in total. The number of hydrogen-bond donors (Lipinski definition) is 2. The van der Waals surface area contributed by atoms with Crippen LogP contribution in [0.2, 0.25) is 0 Å². The molecule has 37 heavy (non-hydrogen) atoms. The maximum Gasteiger partial charge on any atom is 0.243 e. The topological polar surface area (TPSA) is 94.2 Å². The fraction of sp³-hybridized carbons (Fsp3) is 0.464. The summed E-state index contributed by atoms with van der Waals surface area (Å²) in [4.78, 5) is 44.6. The van der Waals surface area contributed by atoms with Crippen LogP contribution in [-0.4, -0.2) is 86.5 Å². The first-order valence-electron chi connectivity index (χ1n) is 12.9. The molecule has 0 aromatic heterocycles. The molecule has 0 spiro atoms. The third-order valence-corrected chi connectivity index (χ3v) is 7.06. The van der Waals surface area contributed by atoms with Crippen LogP contribution in [0, 0.1) is 0 Å². The van der Waals surface area contributed by atoms with Crippen molar-refractivity contribution >= 4 is 29.1 Å². The first-order chi connectivity index (χ1) is 17.8. The Hall–Kier alpha value is -3.59. The summed E-state index contributed by atoms with van der Waals surface area (Å²) in [6.07, 6.45) is -0.0747. The number of hydrogen-bond acceptors (Lipinski definition) is 6. The van der Waals surface area contributed by atoms with Gasteiger partial charge in [-0.3, -0.25) is 19.3 Å². The second-order valence-corrected chi connectivity index (χ2v) is 9.88. The lowest BCUT2D eigenvalue weighted by Gasteiger charge is -2.39. The van der Waals surface area contributed by atoms with E-state index in [0.717, 1.165) is 37.6 Å². The summed E-state index contributed by atoms with van der Waals surface area (Å²) in [5.41, 5.74) is 2.99. The van der Waals surface area contributed by atoms with E-state index in [1.807, 2.05) is 48.5 Å². The summed E-state index contributed by atoms with van der Waals surface area (Å²) >= 11 is 0. The number of carbonyl (C=O) groups excluding carboxylic acids is 3. The highest BCUT2D eigenvalue weighted by atomic mass is 16.5. The van der Waals surface area contributed by atoms with Crippen LogP contribution in [-0.2, 0) is 14.4 Å². The molecular formula is C28H37N5O4. The van der Waals surface area contributed by atoms with Crippen LogP contribution in [0.4, 0.5) is 11.4 Å². The molecule has 9 heteroatoms. The molecule has 0 radical (unpaired) electrons. The van der Waals surface area contributed by atoms with E-state index in [4.69, 9.17) is 4.74 Å². The maximum absolute atomic E-state index is 13.2. The molecule has 2 aromatic rings. The largest absolute Gasteiger partial charge is 0.497 e. The van der Waals surface area contributed by atoms with Crippen molar-refractivity contribution in [3.63, 3.8) is 0 Å². The molecule has 2 aliphatic rings. The average Bonchev–Trinajstić information content (AvgIpc) is 2.90. The van der Waals surface area contributed by atoms with Crippen LogP contribution in [0.3, 0.4) is 0 Å². The molecule has 3 amide bonds. The van der Waals surface area contributed by atoms with Crippen LogP contribution in [0.25, 0.3) is 0 Å². The number of anilines is 2. The molecule has 2 heterocycles. The Morgan fingerprint density at radius 2 is 1.68 bits per heavy atom. The van der Waals surface area contributed by atoms with Gasteiger partial charge in [0.25, 0.3) is 0 Å². The predicted molar refractivity (Wildman–Crippen MR) is 144 cm³/mol. The molecule has 0 aliphatic carbocycles. The maximum atomic E-state index is 13.2. The van der Waals surface area contributed by atoms with Crippen molar-refractivity contribution in [3.8, 4) is 5.75 Å². The van der Waals surface area contributed by atoms with E-state index in [0.29, 0.717) is 24.7 Å². The van der Waals surface area contributed by atoms with E-state index >= 15 is 0 Å². The van der Waals surface area contributed by atoms with Crippen LogP contribution in [0.15, 0.2) is 48.5 Å². The molecule has 0 unspecified atom stereocenters. The van der Waals surface area contributed by atoms with E-state index in [9.17, 15) is 14.4 Å². The Bertz CT molecular complexity index is 1080. The van der Waals surface area contributed by atoms with Gasteiger partial charge in [0.15, 0.2) is 0 Å². The van der Waals surface area contributed by atoms with Gasteiger partial charge in [-0.15, -0.1) is 0 Å². The minimum Gasteiger partial charge on any atom is -0.497 e. The van der Waals surface area contributed by atoms with Crippen LogP contribution < -0.4 is 20.3 Å². The fourth-order valence-electron chi connectivity index (χ4n) is 4.79. The summed E-state index contributed by atoms with van der Waals surface area (Å²) in [6.45, 7) is 8.36. The Kier molecular flexibility index (Phi) is 8.66. The Morgan fingerprint density at radius 3 is 2.30 bits per heavy atom. The molecule has 2 fully saturated rings. The molecule has 0 saturated carbocycles. The van der Waals surface area contributed by atoms with Crippen LogP contribution in [0.5, 0.6) is 5.75 Å². The van der Waals surface area contributed by atoms with Gasteiger partial charge < -0.3 is 25.2 Å². The number of piperazine rings is 2. The second kappa shape index (κ2) is 12.1. The highest BCUT2D eigenvalue weighted by Gasteiger charge is 2.35. The third kappa shape index (κ3) is 6.80. The number of amides is 3. The lowest BCUT2D eigenvalue weighted by atomic mass is 10.0. The molecule has 2 aliphatic heterocycles. The number of nitrogens with one attached hydrogen (secondary N) is 2. The standard InChI is InChI=1S/C28H37N5O4/c1-20(2)21-4-6-22(7-5-21)30-26(34)18-25-28(36)29-12-13-33(25)27(35)19-31-14-16-32(17-15-31)23-8-10-24(37-3)11-9-23/h4-11,20,25H,12-19H2,1-3H3,(H,29,36)(H,30,34)/t25-/m1/s1. The van der Waals surface area contributed by atoms with E-state index < -0.39 is 6.04 Å². The van der Waals surface area contributed by atoms with Crippen molar-refractivity contribution in [2.45, 2.75) is 32.2 Å². The van der Waals surface area contributed by atoms with Gasteiger partial charge in [-0.1, -0.05) is 26.0 Å². The van der Waals surface area contributed by atoms with Gasteiger partial charge in [-0.25, -0.2) is 0 Å². The lowest BCUT2D eigenvalue weighted by Crippen LogP contribution is -2.60. The summed E-state index contributed by atoms with van der Waals surface area (Å²) in [5.74, 6) is 0.540. The van der Waals surface area contributed by atoms with Crippen LogP contribution >= 0.6 is 0 Å². The van der Waals surface area contributed by atoms with Crippen molar-refractivity contribution in [1.29, 1.82) is 0 Å². The zero-order valence-electron chi connectivity index (χ0n) is 21.9. The van der Waals surface area contributed by atoms with E-state index in [-0.39, 0.29) is 30.7 Å². The van der Waals surface area contributed by atoms with Gasteiger partial charge in [0.05, 0.1) is 20.1 Å². The average molecular weight is 508 g/mol. The van der Waals surface area contributed by atoms with Crippen molar-refractivity contribution in [3.05, 3.63) is 54.1 Å². The number of methoxy groups -OCH3 is 1. The van der Waals surface area contributed by atoms with E-state index in [1.165, 1.54) is 5.56 Å². The molecule has 2 saturated heterocycles. The van der Waals surface area contributed by atoms with Gasteiger partial charge in [-0.2, -0.15) is 0 Å². The number of rotatable bonds is 8. The first-order valence-corrected chi connectivity index (χ1v) is 12.9. The second-order valence-electron chi connectivity index (χ2n) is 9.88. The highest BCUT2D eigenvalue weighted by Crippen LogP contribution is 2.21. The lowest BCUT2D eigenvalue weighted by molar-refractivity contribution is -0.145. The van der Waals surface area contributed by atoms with Gasteiger partial charge in [0.2, 0.25) is 17.7 Å². The summed E-state index contributed by atoms with van der Waals surface area (Å²) in [5, 5.41) is 5.66. The monoisotopic (exact) mass is 507 g/mol. The smallest absolute Gasteiger partial charge is 0.243 e. The summed E-state index contributed by atoms with van der Waals surface area (Å²) < 4.78 is 5.23. The predicted octanol–water partition coefficient (Wildman–Crippen LogP) is 2.30. The Labute approximate surface area is 218 Å². The van der Waals surface area contributed by atoms with Gasteiger partial charge in [-0.05, 0) is 47.9 Å². The minimum absolute atomic E-state index is 0.0747. The fourth-order valence-corrected chi connectivity index (χ4v) is 4.79. The number of carbonyl (C=O) groups is 3. The number of benzene rings is 2. The Morgan fingerprint density at radius 1 is 1.00 bits per heavy atom. The summed E-state index contributed by atoms with van der Waals surface area (Å²) in [6, 6.07) is 14.9. The SMILES string of the molecule is COc1ccc(N2CCN(CC(=O)N3CCNC(=O)[C@H]3CC(=O)Nc3ccc(C(C)C)cc3)CC2)cc1. The van der Waals surface area contributed by atoms with Crippen molar-refractivity contribution < 1.29 is 19.1 Å². The van der Waals surface area contributed by atoms with E-state index in [2.05, 4.69) is 34.3 Å². The van der Waals surface area contributed by atoms with E-state index in [1.54, 1.807) is 12.0 Å².